The highest BCUT2D eigenvalue weighted by molar-refractivity contribution is 14.1. The Morgan fingerprint density at radius 1 is 1.35 bits per heavy atom. The molecule has 4 nitrogen and oxygen atoms in total. The van der Waals surface area contributed by atoms with Crippen molar-refractivity contribution in [2.45, 2.75) is 25.2 Å². The lowest BCUT2D eigenvalue weighted by Gasteiger charge is -2.32. The lowest BCUT2D eigenvalue weighted by molar-refractivity contribution is -0.142. The van der Waals surface area contributed by atoms with Gasteiger partial charge in [0.15, 0.2) is 0 Å². The molecule has 0 fully saturated rings. The Kier molecular flexibility index (Phi) is 5.67. The van der Waals surface area contributed by atoms with Crippen LogP contribution in [0.4, 0.5) is 0 Å². The minimum Gasteiger partial charge on any atom is -0.480 e. The van der Waals surface area contributed by atoms with Crippen LogP contribution in [0.5, 0.6) is 0 Å². The Morgan fingerprint density at radius 2 is 2.04 bits per heavy atom. The molecule has 1 aromatic rings. The van der Waals surface area contributed by atoms with Crippen molar-refractivity contribution in [2.75, 3.05) is 5.33 Å². The van der Waals surface area contributed by atoms with E-state index in [2.05, 4.69) is 38.5 Å². The lowest BCUT2D eigenvalue weighted by Crippen LogP contribution is -2.38. The van der Waals surface area contributed by atoms with E-state index >= 15 is 0 Å². The molecule has 0 radical (unpaired) electrons. The van der Waals surface area contributed by atoms with Crippen LogP contribution in [0.2, 0.25) is 0 Å². The SMILES string of the molecule is CC1=C(C(=O)O)CC(C(=O)O)(c2cccc(I)c2CCBr)C=C1. The summed E-state index contributed by atoms with van der Waals surface area (Å²) in [5.41, 5.74) is 1.02. The largest absolute Gasteiger partial charge is 0.480 e. The molecule has 23 heavy (non-hydrogen) atoms. The zero-order valence-corrected chi connectivity index (χ0v) is 16.2. The molecular weight excluding hydrogens is 475 g/mol. The third-order valence-electron chi connectivity index (χ3n) is 4.13. The van der Waals surface area contributed by atoms with Crippen LogP contribution in [0.25, 0.3) is 0 Å². The molecule has 1 aliphatic rings. The van der Waals surface area contributed by atoms with Crippen molar-refractivity contribution in [1.29, 1.82) is 0 Å². The Labute approximate surface area is 156 Å². The van der Waals surface area contributed by atoms with Crippen molar-refractivity contribution in [3.63, 3.8) is 0 Å². The van der Waals surface area contributed by atoms with Crippen LogP contribution >= 0.6 is 38.5 Å². The van der Waals surface area contributed by atoms with Gasteiger partial charge in [-0.2, -0.15) is 0 Å². The lowest BCUT2D eigenvalue weighted by atomic mass is 9.70. The van der Waals surface area contributed by atoms with Gasteiger partial charge in [0.05, 0.1) is 0 Å². The molecule has 122 valence electrons. The molecule has 0 bridgehead atoms. The van der Waals surface area contributed by atoms with Gasteiger partial charge in [-0.15, -0.1) is 0 Å². The molecule has 0 heterocycles. The van der Waals surface area contributed by atoms with Crippen molar-refractivity contribution >= 4 is 50.5 Å². The summed E-state index contributed by atoms with van der Waals surface area (Å²) in [6.07, 6.45) is 3.87. The average Bonchev–Trinajstić information content (AvgIpc) is 2.50. The number of hydrogen-bond donors (Lipinski definition) is 2. The van der Waals surface area contributed by atoms with Gasteiger partial charge in [0.1, 0.15) is 5.41 Å². The van der Waals surface area contributed by atoms with Crippen LogP contribution < -0.4 is 0 Å². The standard InChI is InChI=1S/C17H16BrIO4/c1-10-5-7-17(16(22)23,9-12(10)15(20)21)13-3-2-4-14(19)11(13)6-8-18/h2-5,7H,6,8-9H2,1H3,(H,20,21)(H,22,23). The number of carboxylic acids is 2. The number of alkyl halides is 1. The molecule has 2 N–H and O–H groups in total. The van der Waals surface area contributed by atoms with Crippen LogP contribution in [-0.4, -0.2) is 27.5 Å². The fourth-order valence-corrected chi connectivity index (χ4v) is 4.03. The van der Waals surface area contributed by atoms with Crippen LogP contribution in [0.3, 0.4) is 0 Å². The summed E-state index contributed by atoms with van der Waals surface area (Å²) in [4.78, 5) is 23.6. The van der Waals surface area contributed by atoms with E-state index in [9.17, 15) is 19.8 Å². The molecule has 1 atom stereocenters. The van der Waals surface area contributed by atoms with Gasteiger partial charge in [-0.05, 0) is 58.7 Å². The maximum Gasteiger partial charge on any atom is 0.331 e. The van der Waals surface area contributed by atoms with Crippen molar-refractivity contribution in [3.05, 3.63) is 56.2 Å². The number of halogens is 2. The zero-order valence-electron chi connectivity index (χ0n) is 12.5. The van der Waals surface area contributed by atoms with E-state index in [1.165, 1.54) is 0 Å². The van der Waals surface area contributed by atoms with E-state index in [1.807, 2.05) is 12.1 Å². The van der Waals surface area contributed by atoms with Crippen molar-refractivity contribution in [2.24, 2.45) is 0 Å². The van der Waals surface area contributed by atoms with Crippen molar-refractivity contribution in [1.82, 2.24) is 0 Å². The molecule has 0 aliphatic heterocycles. The van der Waals surface area contributed by atoms with Crippen molar-refractivity contribution in [3.8, 4) is 0 Å². The highest BCUT2D eigenvalue weighted by Gasteiger charge is 2.43. The Balaban J connectivity index is 2.67. The summed E-state index contributed by atoms with van der Waals surface area (Å²) in [5, 5.41) is 20.0. The van der Waals surface area contributed by atoms with Gasteiger partial charge in [0.2, 0.25) is 0 Å². The van der Waals surface area contributed by atoms with E-state index in [0.717, 1.165) is 9.13 Å². The van der Waals surface area contributed by atoms with E-state index in [-0.39, 0.29) is 12.0 Å². The van der Waals surface area contributed by atoms with E-state index in [0.29, 0.717) is 22.9 Å². The van der Waals surface area contributed by atoms with Crippen molar-refractivity contribution < 1.29 is 19.8 Å². The molecule has 1 unspecified atom stereocenters. The van der Waals surface area contributed by atoms with Gasteiger partial charge < -0.3 is 10.2 Å². The fourth-order valence-electron chi connectivity index (χ4n) is 2.86. The summed E-state index contributed by atoms with van der Waals surface area (Å²) in [7, 11) is 0. The highest BCUT2D eigenvalue weighted by Crippen LogP contribution is 2.41. The van der Waals surface area contributed by atoms with Gasteiger partial charge in [0.25, 0.3) is 0 Å². The van der Waals surface area contributed by atoms with Gasteiger partial charge >= 0.3 is 11.9 Å². The first-order valence-corrected chi connectivity index (χ1v) is 9.23. The summed E-state index contributed by atoms with van der Waals surface area (Å²) < 4.78 is 0.983. The Morgan fingerprint density at radius 3 is 2.61 bits per heavy atom. The second-order valence-corrected chi connectivity index (χ2v) is 7.41. The molecule has 1 aliphatic carbocycles. The predicted octanol–water partition coefficient (Wildman–Crippen LogP) is 3.91. The molecule has 0 spiro atoms. The minimum atomic E-state index is -1.34. The van der Waals surface area contributed by atoms with Gasteiger partial charge in [-0.1, -0.05) is 40.2 Å². The van der Waals surface area contributed by atoms with Gasteiger partial charge in [0, 0.05) is 20.9 Å². The predicted molar refractivity (Wildman–Crippen MR) is 100 cm³/mol. The number of hydrogen-bond acceptors (Lipinski definition) is 2. The number of aliphatic carboxylic acids is 2. The second-order valence-electron chi connectivity index (χ2n) is 5.46. The highest BCUT2D eigenvalue weighted by atomic mass is 127. The summed E-state index contributed by atoms with van der Waals surface area (Å²) in [6, 6.07) is 5.54. The molecule has 0 saturated carbocycles. The molecule has 2 rings (SSSR count). The molecule has 0 aromatic heterocycles. The van der Waals surface area contributed by atoms with Crippen LogP contribution in [0.1, 0.15) is 24.5 Å². The summed E-state index contributed by atoms with van der Waals surface area (Å²) in [5.74, 6) is -2.09. The molecule has 6 heteroatoms. The number of carbonyl (C=O) groups is 2. The molecule has 1 aromatic carbocycles. The maximum atomic E-state index is 12.1. The average molecular weight is 491 g/mol. The van der Waals surface area contributed by atoms with E-state index in [1.54, 1.807) is 25.1 Å². The third-order valence-corrected chi connectivity index (χ3v) is 5.54. The van der Waals surface area contributed by atoms with Crippen LogP contribution in [0.15, 0.2) is 41.5 Å². The first-order chi connectivity index (χ1) is 10.8. The van der Waals surface area contributed by atoms with E-state index < -0.39 is 17.4 Å². The number of allylic oxidation sites excluding steroid dienone is 2. The number of carboxylic acid groups (broad SMARTS) is 2. The number of rotatable bonds is 5. The first-order valence-electron chi connectivity index (χ1n) is 7.03. The normalized spacial score (nSPS) is 20.7. The van der Waals surface area contributed by atoms with Gasteiger partial charge in [-0.25, -0.2) is 4.79 Å². The maximum absolute atomic E-state index is 12.1. The minimum absolute atomic E-state index is 0.0463. The van der Waals surface area contributed by atoms with E-state index in [4.69, 9.17) is 0 Å². The smallest absolute Gasteiger partial charge is 0.331 e. The zero-order chi connectivity index (χ0) is 17.2. The molecular formula is C17H16BrIO4. The fraction of sp³-hybridized carbons (Fsp3) is 0.294. The first kappa shape index (κ1) is 18.2. The third kappa shape index (κ3) is 3.38. The monoisotopic (exact) mass is 490 g/mol. The second kappa shape index (κ2) is 7.17. The Bertz CT molecular complexity index is 723. The topological polar surface area (TPSA) is 74.6 Å². The summed E-state index contributed by atoms with van der Waals surface area (Å²) >= 11 is 5.60. The van der Waals surface area contributed by atoms with Crippen LogP contribution in [0, 0.1) is 3.57 Å². The quantitative estimate of drug-likeness (QED) is 0.484. The summed E-state index contributed by atoms with van der Waals surface area (Å²) in [6.45, 7) is 1.69. The molecule has 0 saturated heterocycles. The van der Waals surface area contributed by atoms with Crippen LogP contribution in [-0.2, 0) is 21.4 Å². The number of benzene rings is 1. The molecule has 0 amide bonds. The Hall–Kier alpha value is -1.15. The van der Waals surface area contributed by atoms with Gasteiger partial charge in [-0.3, -0.25) is 4.79 Å².